The quantitative estimate of drug-likeness (QED) is 0.729. The maximum atomic E-state index is 9.04. The van der Waals surface area contributed by atoms with Crippen LogP contribution in [0, 0.1) is 0 Å². The summed E-state index contributed by atoms with van der Waals surface area (Å²) in [4.78, 5) is 10.6. The van der Waals surface area contributed by atoms with Gasteiger partial charge in [0.25, 0.3) is 0 Å². The summed E-state index contributed by atoms with van der Waals surface area (Å²) in [6, 6.07) is 0. The molecule has 0 spiro atoms. The van der Waals surface area contributed by atoms with Gasteiger partial charge in [0.1, 0.15) is 0 Å². The molecule has 1 aromatic heterocycles. The molecule has 2 N–H and O–H groups in total. The molecule has 0 saturated carbocycles. The average molecular weight is 233 g/mol. The first-order valence-electron chi connectivity index (χ1n) is 5.81. The number of anilines is 1. The highest BCUT2D eigenvalue weighted by Crippen LogP contribution is 2.16. The van der Waals surface area contributed by atoms with Crippen LogP contribution in [0.5, 0.6) is 0 Å². The normalized spacial score (nSPS) is 15.7. The van der Waals surface area contributed by atoms with Crippen LogP contribution < -0.4 is 4.90 Å². The molecule has 0 unspecified atom stereocenters. The van der Waals surface area contributed by atoms with Gasteiger partial charge in [0, 0.05) is 25.5 Å². The first kappa shape index (κ1) is 12.1. The van der Waals surface area contributed by atoms with Gasteiger partial charge in [-0.05, 0) is 23.9 Å². The van der Waals surface area contributed by atoms with Crippen molar-refractivity contribution in [2.75, 3.05) is 18.0 Å². The van der Waals surface area contributed by atoms with Crippen molar-refractivity contribution >= 4 is 13.1 Å². The molecule has 0 fully saturated rings. The number of hydrogen-bond donors (Lipinski definition) is 2. The van der Waals surface area contributed by atoms with Crippen LogP contribution >= 0.6 is 0 Å². The predicted octanol–water partition coefficient (Wildman–Crippen LogP) is 0.188. The van der Waals surface area contributed by atoms with E-state index in [1.807, 2.05) is 23.4 Å². The summed E-state index contributed by atoms with van der Waals surface area (Å²) in [6.45, 7) is 3.41. The largest absolute Gasteiger partial charge is 0.483 e. The van der Waals surface area contributed by atoms with E-state index in [1.54, 1.807) is 0 Å². The molecule has 0 aliphatic carbocycles. The van der Waals surface area contributed by atoms with Crippen LogP contribution in [0.3, 0.4) is 0 Å². The Bertz CT molecular complexity index is 406. The minimum Gasteiger partial charge on any atom is -0.423 e. The fourth-order valence-corrected chi connectivity index (χ4v) is 1.79. The number of nitrogens with zero attached hydrogens (tertiary/aromatic N) is 3. The lowest BCUT2D eigenvalue weighted by Crippen LogP contribution is -2.33. The van der Waals surface area contributed by atoms with Crippen molar-refractivity contribution in [1.29, 1.82) is 0 Å². The van der Waals surface area contributed by atoms with Crippen molar-refractivity contribution in [1.82, 2.24) is 9.97 Å². The van der Waals surface area contributed by atoms with Crippen LogP contribution in [0.2, 0.25) is 0 Å². The third-order valence-electron chi connectivity index (χ3n) is 2.96. The molecule has 6 heteroatoms. The summed E-state index contributed by atoms with van der Waals surface area (Å²) in [5.41, 5.74) is 1.79. The molecule has 2 heterocycles. The average Bonchev–Trinajstić information content (AvgIpc) is 2.39. The lowest BCUT2D eigenvalue weighted by Gasteiger charge is -2.26. The van der Waals surface area contributed by atoms with Crippen molar-refractivity contribution in [3.05, 3.63) is 29.5 Å². The summed E-state index contributed by atoms with van der Waals surface area (Å²) in [5.74, 6) is 0.699. The third-order valence-corrected chi connectivity index (χ3v) is 2.96. The van der Waals surface area contributed by atoms with E-state index in [4.69, 9.17) is 10.0 Å². The van der Waals surface area contributed by atoms with E-state index < -0.39 is 7.12 Å². The van der Waals surface area contributed by atoms with Crippen LogP contribution in [-0.2, 0) is 6.42 Å². The Hall–Kier alpha value is -1.40. The van der Waals surface area contributed by atoms with E-state index in [-0.39, 0.29) is 0 Å². The molecule has 2 rings (SSSR count). The fourth-order valence-electron chi connectivity index (χ4n) is 1.79. The van der Waals surface area contributed by atoms with Crippen molar-refractivity contribution in [2.45, 2.75) is 19.8 Å². The first-order valence-corrected chi connectivity index (χ1v) is 5.81. The molecule has 0 saturated heterocycles. The minimum absolute atomic E-state index is 0.623. The smallest absolute Gasteiger partial charge is 0.423 e. The van der Waals surface area contributed by atoms with Crippen LogP contribution in [0.1, 0.15) is 18.9 Å². The molecule has 90 valence electrons. The van der Waals surface area contributed by atoms with Gasteiger partial charge in [-0.25, -0.2) is 9.97 Å². The Morgan fingerprint density at radius 1 is 1.35 bits per heavy atom. The van der Waals surface area contributed by atoms with E-state index in [2.05, 4.69) is 16.9 Å². The summed E-state index contributed by atoms with van der Waals surface area (Å²) >= 11 is 0. The van der Waals surface area contributed by atoms with Gasteiger partial charge in [0.2, 0.25) is 5.95 Å². The lowest BCUT2D eigenvalue weighted by molar-refractivity contribution is 0.415. The van der Waals surface area contributed by atoms with E-state index in [1.165, 1.54) is 0 Å². The Morgan fingerprint density at radius 3 is 2.53 bits per heavy atom. The lowest BCUT2D eigenvalue weighted by atomic mass is 9.76. The summed E-state index contributed by atoms with van der Waals surface area (Å²) in [6.07, 6.45) is 7.06. The number of aromatic nitrogens is 2. The van der Waals surface area contributed by atoms with Crippen molar-refractivity contribution < 1.29 is 10.0 Å². The third kappa shape index (κ3) is 2.84. The van der Waals surface area contributed by atoms with Gasteiger partial charge < -0.3 is 14.9 Å². The zero-order valence-electron chi connectivity index (χ0n) is 9.87. The molecule has 5 nitrogen and oxygen atoms in total. The molecule has 0 aromatic carbocycles. The zero-order valence-corrected chi connectivity index (χ0v) is 9.87. The van der Waals surface area contributed by atoms with Gasteiger partial charge >= 0.3 is 7.12 Å². The number of aryl methyl sites for hydroxylation is 1. The molecule has 0 bridgehead atoms. The molecule has 0 amide bonds. The molecular formula is C11H16BN3O2. The Kier molecular flexibility index (Phi) is 3.76. The summed E-state index contributed by atoms with van der Waals surface area (Å²) < 4.78 is 0. The molecule has 17 heavy (non-hydrogen) atoms. The van der Waals surface area contributed by atoms with Crippen LogP contribution in [0.25, 0.3) is 0 Å². The molecule has 0 atom stereocenters. The van der Waals surface area contributed by atoms with Crippen molar-refractivity contribution in [2.24, 2.45) is 0 Å². The van der Waals surface area contributed by atoms with Crippen LogP contribution in [-0.4, -0.2) is 40.2 Å². The predicted molar refractivity (Wildman–Crippen MR) is 66.5 cm³/mol. The second kappa shape index (κ2) is 5.29. The highest BCUT2D eigenvalue weighted by molar-refractivity contribution is 6.50. The number of hydrogen-bond acceptors (Lipinski definition) is 5. The van der Waals surface area contributed by atoms with Gasteiger partial charge in [0.05, 0.1) is 0 Å². The number of rotatable bonds is 3. The standard InChI is InChI=1S/C11H16BN3O2/c1-2-9-7-13-11(14-8-9)15-5-3-10(4-6-15)12(16)17/h3,7-8,16-17H,2,4-6H2,1H3. The topological polar surface area (TPSA) is 69.5 Å². The molecule has 1 aliphatic heterocycles. The van der Waals surface area contributed by atoms with E-state index in [9.17, 15) is 0 Å². The molecule has 0 radical (unpaired) electrons. The fraction of sp³-hybridized carbons (Fsp3) is 0.455. The Balaban J connectivity index is 2.05. The Morgan fingerprint density at radius 2 is 2.06 bits per heavy atom. The zero-order chi connectivity index (χ0) is 12.3. The minimum atomic E-state index is -1.33. The van der Waals surface area contributed by atoms with Gasteiger partial charge in [-0.2, -0.15) is 0 Å². The second-order valence-electron chi connectivity index (χ2n) is 4.09. The van der Waals surface area contributed by atoms with Gasteiger partial charge in [-0.1, -0.05) is 13.0 Å². The van der Waals surface area contributed by atoms with E-state index >= 15 is 0 Å². The first-order chi connectivity index (χ1) is 8.20. The van der Waals surface area contributed by atoms with Crippen LogP contribution in [0.15, 0.2) is 23.9 Å². The van der Waals surface area contributed by atoms with E-state index in [0.29, 0.717) is 24.4 Å². The maximum Gasteiger partial charge on any atom is 0.483 e. The van der Waals surface area contributed by atoms with Gasteiger partial charge in [-0.15, -0.1) is 0 Å². The van der Waals surface area contributed by atoms with Crippen molar-refractivity contribution in [3.8, 4) is 0 Å². The summed E-state index contributed by atoms with van der Waals surface area (Å²) in [7, 11) is -1.33. The van der Waals surface area contributed by atoms with Crippen molar-refractivity contribution in [3.63, 3.8) is 0 Å². The monoisotopic (exact) mass is 233 g/mol. The Labute approximate surface area is 101 Å². The highest BCUT2D eigenvalue weighted by atomic mass is 16.4. The maximum absolute atomic E-state index is 9.04. The molecule has 1 aliphatic rings. The van der Waals surface area contributed by atoms with Gasteiger partial charge in [0.15, 0.2) is 0 Å². The highest BCUT2D eigenvalue weighted by Gasteiger charge is 2.21. The van der Waals surface area contributed by atoms with Gasteiger partial charge in [-0.3, -0.25) is 0 Å². The van der Waals surface area contributed by atoms with E-state index in [0.717, 1.165) is 18.5 Å². The molecule has 1 aromatic rings. The second-order valence-corrected chi connectivity index (χ2v) is 4.09. The SMILES string of the molecule is CCc1cnc(N2CC=C(B(O)O)CC2)nc1. The van der Waals surface area contributed by atoms with Crippen LogP contribution in [0.4, 0.5) is 5.95 Å². The summed E-state index contributed by atoms with van der Waals surface area (Å²) in [5, 5.41) is 18.1. The molecular weight excluding hydrogens is 217 g/mol.